The van der Waals surface area contributed by atoms with E-state index in [1.54, 1.807) is 0 Å². The third-order valence-corrected chi connectivity index (χ3v) is 10.6. The highest BCUT2D eigenvalue weighted by atomic mass is 15.0. The van der Waals surface area contributed by atoms with Crippen LogP contribution in [0.25, 0.3) is 105 Å². The van der Waals surface area contributed by atoms with Gasteiger partial charge >= 0.3 is 0 Å². The van der Waals surface area contributed by atoms with Gasteiger partial charge in [0, 0.05) is 32.8 Å². The molecular formula is C49H30N4. The highest BCUT2D eigenvalue weighted by molar-refractivity contribution is 6.23. The molecule has 0 aliphatic carbocycles. The molecule has 4 nitrogen and oxygen atoms in total. The molecule has 0 aliphatic rings. The highest BCUT2D eigenvalue weighted by Gasteiger charge is 2.20. The quantitative estimate of drug-likeness (QED) is 0.175. The molecule has 0 unspecified atom stereocenters. The highest BCUT2D eigenvalue weighted by Crippen LogP contribution is 2.40. The third kappa shape index (κ3) is 4.59. The van der Waals surface area contributed by atoms with Crippen LogP contribution in [-0.2, 0) is 0 Å². The van der Waals surface area contributed by atoms with Crippen LogP contribution in [0.4, 0.5) is 0 Å². The first kappa shape index (κ1) is 29.5. The van der Waals surface area contributed by atoms with Crippen LogP contribution < -0.4 is 0 Å². The van der Waals surface area contributed by atoms with Gasteiger partial charge in [-0.05, 0) is 68.0 Å². The molecule has 53 heavy (non-hydrogen) atoms. The van der Waals surface area contributed by atoms with Crippen molar-refractivity contribution in [3.05, 3.63) is 182 Å². The van der Waals surface area contributed by atoms with Crippen LogP contribution >= 0.6 is 0 Å². The summed E-state index contributed by atoms with van der Waals surface area (Å²) in [6.45, 7) is 0. The van der Waals surface area contributed by atoms with Crippen LogP contribution in [0.15, 0.2) is 182 Å². The van der Waals surface area contributed by atoms with Crippen molar-refractivity contribution in [3.8, 4) is 39.9 Å². The Morgan fingerprint density at radius 3 is 1.55 bits per heavy atom. The molecule has 0 fully saturated rings. The SMILES string of the molecule is c1ccc(-c2nc(-c3ccc(-n4c5ccccc5c5ccccc54)c4ccccc34)nc(-c3cc4ccc5ccccc5c4c4ccccc34)n2)cc1. The molecule has 4 heteroatoms. The fourth-order valence-electron chi connectivity index (χ4n) is 8.25. The van der Waals surface area contributed by atoms with Crippen molar-refractivity contribution in [1.82, 2.24) is 19.5 Å². The minimum absolute atomic E-state index is 0.640. The normalized spacial score (nSPS) is 11.8. The monoisotopic (exact) mass is 674 g/mol. The maximum absolute atomic E-state index is 5.33. The van der Waals surface area contributed by atoms with Gasteiger partial charge < -0.3 is 4.57 Å². The van der Waals surface area contributed by atoms with Gasteiger partial charge in [-0.2, -0.15) is 0 Å². The van der Waals surface area contributed by atoms with Crippen LogP contribution in [0.1, 0.15) is 0 Å². The zero-order valence-electron chi connectivity index (χ0n) is 28.6. The average molecular weight is 675 g/mol. The second-order valence-corrected chi connectivity index (χ2v) is 13.6. The molecular weight excluding hydrogens is 645 g/mol. The van der Waals surface area contributed by atoms with Crippen molar-refractivity contribution in [2.24, 2.45) is 0 Å². The standard InChI is InChI=1S/C49H30N4/c1-2-15-32(16-3-1)47-50-48(52-49(51-47)42-30-33-27-26-31-14-4-5-17-34(31)46(33)40-23-9-7-19-36(40)42)41-28-29-45(37-20-8-6-18-35(37)41)53-43-24-12-10-21-38(43)39-22-11-13-25-44(39)53/h1-30H. The first-order valence-electron chi connectivity index (χ1n) is 18.0. The van der Waals surface area contributed by atoms with E-state index < -0.39 is 0 Å². The molecule has 0 bridgehead atoms. The molecule has 0 aliphatic heterocycles. The van der Waals surface area contributed by atoms with Gasteiger partial charge in [0.15, 0.2) is 17.5 Å². The lowest BCUT2D eigenvalue weighted by atomic mass is 9.93. The largest absolute Gasteiger partial charge is 0.309 e. The van der Waals surface area contributed by atoms with E-state index in [2.05, 4.69) is 168 Å². The van der Waals surface area contributed by atoms with Crippen LogP contribution in [0.3, 0.4) is 0 Å². The van der Waals surface area contributed by atoms with Crippen molar-refractivity contribution in [2.45, 2.75) is 0 Å². The summed E-state index contributed by atoms with van der Waals surface area (Å²) < 4.78 is 2.38. The molecule has 0 saturated heterocycles. The lowest BCUT2D eigenvalue weighted by Gasteiger charge is -2.16. The first-order valence-corrected chi connectivity index (χ1v) is 18.0. The van der Waals surface area contributed by atoms with E-state index >= 15 is 0 Å². The number of rotatable bonds is 4. The molecule has 11 rings (SSSR count). The van der Waals surface area contributed by atoms with E-state index in [1.807, 2.05) is 18.2 Å². The molecule has 0 atom stereocenters. The van der Waals surface area contributed by atoms with E-state index in [-0.39, 0.29) is 0 Å². The van der Waals surface area contributed by atoms with E-state index in [9.17, 15) is 0 Å². The lowest BCUT2D eigenvalue weighted by Crippen LogP contribution is -2.02. The zero-order chi connectivity index (χ0) is 34.9. The summed E-state index contributed by atoms with van der Waals surface area (Å²) in [5.41, 5.74) is 6.36. The third-order valence-electron chi connectivity index (χ3n) is 10.6. The van der Waals surface area contributed by atoms with E-state index in [0.717, 1.165) is 43.9 Å². The maximum atomic E-state index is 5.33. The van der Waals surface area contributed by atoms with Crippen LogP contribution in [0, 0.1) is 0 Å². The molecule has 11 aromatic rings. The van der Waals surface area contributed by atoms with Crippen LogP contribution in [0.5, 0.6) is 0 Å². The number of hydrogen-bond acceptors (Lipinski definition) is 3. The van der Waals surface area contributed by atoms with E-state index in [1.165, 1.54) is 43.4 Å². The molecule has 0 saturated carbocycles. The predicted octanol–water partition coefficient (Wildman–Crippen LogP) is 12.6. The predicted molar refractivity (Wildman–Crippen MR) is 220 cm³/mol. The van der Waals surface area contributed by atoms with Gasteiger partial charge in [-0.1, -0.05) is 152 Å². The van der Waals surface area contributed by atoms with Gasteiger partial charge in [0.1, 0.15) is 0 Å². The van der Waals surface area contributed by atoms with Gasteiger partial charge in [0.25, 0.3) is 0 Å². The van der Waals surface area contributed by atoms with Crippen molar-refractivity contribution in [2.75, 3.05) is 0 Å². The van der Waals surface area contributed by atoms with Gasteiger partial charge in [-0.3, -0.25) is 0 Å². The smallest absolute Gasteiger partial charge is 0.164 e. The number of para-hydroxylation sites is 2. The van der Waals surface area contributed by atoms with Crippen molar-refractivity contribution >= 4 is 64.9 Å². The second kappa shape index (κ2) is 11.7. The van der Waals surface area contributed by atoms with Gasteiger partial charge in [0.05, 0.1) is 16.7 Å². The topological polar surface area (TPSA) is 43.6 Å². The minimum Gasteiger partial charge on any atom is -0.309 e. The van der Waals surface area contributed by atoms with Gasteiger partial charge in [-0.25, -0.2) is 15.0 Å². The fourth-order valence-corrected chi connectivity index (χ4v) is 8.25. The Kier molecular flexibility index (Phi) is 6.52. The molecule has 9 aromatic carbocycles. The Labute approximate surface area is 305 Å². The Hall–Kier alpha value is -7.17. The Morgan fingerprint density at radius 1 is 0.321 bits per heavy atom. The number of hydrogen-bond donors (Lipinski definition) is 0. The summed E-state index contributed by atoms with van der Waals surface area (Å²) in [6, 6.07) is 64.4. The minimum atomic E-state index is 0.640. The van der Waals surface area contributed by atoms with Crippen LogP contribution in [-0.4, -0.2) is 19.5 Å². The van der Waals surface area contributed by atoms with Gasteiger partial charge in [0.2, 0.25) is 0 Å². The Bertz CT molecular complexity index is 3180. The second-order valence-electron chi connectivity index (χ2n) is 13.6. The summed E-state index contributed by atoms with van der Waals surface area (Å²) in [6.07, 6.45) is 0. The number of fused-ring (bicyclic) bond motifs is 9. The Morgan fingerprint density at radius 2 is 0.830 bits per heavy atom. The first-order chi connectivity index (χ1) is 26.3. The van der Waals surface area contributed by atoms with E-state index in [0.29, 0.717) is 17.5 Å². The number of aromatic nitrogens is 4. The lowest BCUT2D eigenvalue weighted by molar-refractivity contribution is 1.08. The maximum Gasteiger partial charge on any atom is 0.164 e. The van der Waals surface area contributed by atoms with E-state index in [4.69, 9.17) is 15.0 Å². The summed E-state index contributed by atoms with van der Waals surface area (Å²) in [7, 11) is 0. The summed E-state index contributed by atoms with van der Waals surface area (Å²) in [5, 5.41) is 11.8. The molecule has 0 radical (unpaired) electrons. The summed E-state index contributed by atoms with van der Waals surface area (Å²) >= 11 is 0. The van der Waals surface area contributed by atoms with Crippen molar-refractivity contribution in [1.29, 1.82) is 0 Å². The average Bonchev–Trinajstić information content (AvgIpc) is 3.57. The molecule has 246 valence electrons. The van der Waals surface area contributed by atoms with Crippen molar-refractivity contribution in [3.63, 3.8) is 0 Å². The number of nitrogens with zero attached hydrogens (tertiary/aromatic N) is 4. The molecule has 0 spiro atoms. The van der Waals surface area contributed by atoms with Crippen LogP contribution in [0.2, 0.25) is 0 Å². The molecule has 0 N–H and O–H groups in total. The zero-order valence-corrected chi connectivity index (χ0v) is 28.6. The summed E-state index contributed by atoms with van der Waals surface area (Å²) in [4.78, 5) is 15.7. The number of benzene rings is 9. The molecule has 2 aromatic heterocycles. The summed E-state index contributed by atoms with van der Waals surface area (Å²) in [5.74, 6) is 1.93. The van der Waals surface area contributed by atoms with Crippen molar-refractivity contribution < 1.29 is 0 Å². The van der Waals surface area contributed by atoms with Gasteiger partial charge in [-0.15, -0.1) is 0 Å². The fraction of sp³-hybridized carbons (Fsp3) is 0. The Balaban J connectivity index is 1.18. The molecule has 2 heterocycles. The molecule has 0 amide bonds.